The Morgan fingerprint density at radius 1 is 0.967 bits per heavy atom. The fourth-order valence-corrected chi connectivity index (χ4v) is 4.12. The van der Waals surface area contributed by atoms with Gasteiger partial charge in [-0.3, -0.25) is 9.59 Å². The Balaban J connectivity index is 1.45. The monoisotopic (exact) mass is 408 g/mol. The summed E-state index contributed by atoms with van der Waals surface area (Å²) < 4.78 is 11.5. The van der Waals surface area contributed by atoms with Gasteiger partial charge in [-0.25, -0.2) is 0 Å². The van der Waals surface area contributed by atoms with Gasteiger partial charge in [0, 0.05) is 25.9 Å². The van der Waals surface area contributed by atoms with Crippen molar-refractivity contribution in [3.63, 3.8) is 0 Å². The second-order valence-electron chi connectivity index (χ2n) is 7.77. The number of benzene rings is 2. The van der Waals surface area contributed by atoms with Crippen LogP contribution in [0.2, 0.25) is 0 Å². The van der Waals surface area contributed by atoms with Crippen LogP contribution in [-0.2, 0) is 20.7 Å². The lowest BCUT2D eigenvalue weighted by Gasteiger charge is -2.32. The van der Waals surface area contributed by atoms with Crippen molar-refractivity contribution in [2.45, 2.75) is 31.4 Å². The van der Waals surface area contributed by atoms with E-state index in [0.717, 1.165) is 11.3 Å². The quantitative estimate of drug-likeness (QED) is 0.737. The summed E-state index contributed by atoms with van der Waals surface area (Å²) in [6.45, 7) is 2.68. The second kappa shape index (κ2) is 9.76. The Labute approximate surface area is 177 Å². The highest BCUT2D eigenvalue weighted by atomic mass is 16.5. The van der Waals surface area contributed by atoms with Crippen LogP contribution < -0.4 is 4.74 Å². The number of nitrogens with zero attached hydrogens (tertiary/aromatic N) is 2. The van der Waals surface area contributed by atoms with Crippen molar-refractivity contribution in [1.29, 1.82) is 0 Å². The summed E-state index contributed by atoms with van der Waals surface area (Å²) in [7, 11) is 0. The number of carbonyl (C=O) groups is 2. The van der Waals surface area contributed by atoms with Crippen molar-refractivity contribution in [2.24, 2.45) is 0 Å². The van der Waals surface area contributed by atoms with Crippen LogP contribution in [0.25, 0.3) is 0 Å². The van der Waals surface area contributed by atoms with E-state index < -0.39 is 6.04 Å². The molecule has 2 aromatic carbocycles. The molecule has 2 heterocycles. The maximum Gasteiger partial charge on any atom is 0.245 e. The minimum absolute atomic E-state index is 0.00428. The first kappa shape index (κ1) is 20.4. The standard InChI is InChI=1S/C24H28N2O4/c27-23(12-11-19-7-3-1-4-8-19)26-18-21(30-20-9-5-2-6-10-20)17-22(26)24(28)25-13-15-29-16-14-25/h1-10,21-22H,11-18H2. The summed E-state index contributed by atoms with van der Waals surface area (Å²) >= 11 is 0. The van der Waals surface area contributed by atoms with Gasteiger partial charge in [0.05, 0.1) is 19.8 Å². The van der Waals surface area contributed by atoms with Crippen molar-refractivity contribution in [3.05, 3.63) is 66.2 Å². The molecule has 0 aromatic heterocycles. The lowest BCUT2D eigenvalue weighted by molar-refractivity contribution is -0.146. The van der Waals surface area contributed by atoms with Gasteiger partial charge in [0.15, 0.2) is 0 Å². The highest BCUT2D eigenvalue weighted by Crippen LogP contribution is 2.26. The van der Waals surface area contributed by atoms with E-state index in [4.69, 9.17) is 9.47 Å². The minimum Gasteiger partial charge on any atom is -0.488 e. The molecule has 6 heteroatoms. The van der Waals surface area contributed by atoms with Crippen LogP contribution in [0.4, 0.5) is 0 Å². The lowest BCUT2D eigenvalue weighted by Crippen LogP contribution is -2.51. The molecule has 158 valence electrons. The summed E-state index contributed by atoms with van der Waals surface area (Å²) in [6, 6.07) is 19.1. The summed E-state index contributed by atoms with van der Waals surface area (Å²) in [5.41, 5.74) is 1.12. The average Bonchev–Trinajstić information content (AvgIpc) is 3.22. The zero-order chi connectivity index (χ0) is 20.8. The summed E-state index contributed by atoms with van der Waals surface area (Å²) in [4.78, 5) is 29.8. The van der Waals surface area contributed by atoms with Crippen LogP contribution >= 0.6 is 0 Å². The number of carbonyl (C=O) groups excluding carboxylic acids is 2. The molecule has 2 atom stereocenters. The third-order valence-corrected chi connectivity index (χ3v) is 5.71. The van der Waals surface area contributed by atoms with Crippen LogP contribution in [0.3, 0.4) is 0 Å². The normalized spacial score (nSPS) is 21.5. The van der Waals surface area contributed by atoms with Gasteiger partial charge in [0.2, 0.25) is 11.8 Å². The van der Waals surface area contributed by atoms with Crippen LogP contribution in [0.15, 0.2) is 60.7 Å². The third-order valence-electron chi connectivity index (χ3n) is 5.71. The van der Waals surface area contributed by atoms with Crippen LogP contribution in [0.1, 0.15) is 18.4 Å². The molecule has 6 nitrogen and oxygen atoms in total. The summed E-state index contributed by atoms with van der Waals surface area (Å²) in [5, 5.41) is 0. The molecule has 2 amide bonds. The molecule has 0 aliphatic carbocycles. The topological polar surface area (TPSA) is 59.1 Å². The Kier molecular flexibility index (Phi) is 6.64. The number of rotatable bonds is 6. The first-order chi connectivity index (χ1) is 14.7. The Bertz CT molecular complexity index is 837. The van der Waals surface area contributed by atoms with Gasteiger partial charge in [0.1, 0.15) is 17.9 Å². The SMILES string of the molecule is O=C(C1CC(Oc2ccccc2)CN1C(=O)CCc1ccccc1)N1CCOCC1. The molecule has 0 N–H and O–H groups in total. The fourth-order valence-electron chi connectivity index (χ4n) is 4.12. The number of ether oxygens (including phenoxy) is 2. The number of morpholine rings is 1. The number of aryl methyl sites for hydroxylation is 1. The zero-order valence-electron chi connectivity index (χ0n) is 17.1. The van der Waals surface area contributed by atoms with Crippen molar-refractivity contribution in [2.75, 3.05) is 32.8 Å². The van der Waals surface area contributed by atoms with E-state index in [1.165, 1.54) is 0 Å². The third kappa shape index (κ3) is 5.00. The molecule has 2 fully saturated rings. The number of para-hydroxylation sites is 1. The van der Waals surface area contributed by atoms with Crippen molar-refractivity contribution < 1.29 is 19.1 Å². The molecule has 2 aliphatic heterocycles. The molecule has 30 heavy (non-hydrogen) atoms. The molecule has 4 rings (SSSR count). The molecule has 0 radical (unpaired) electrons. The molecule has 2 saturated heterocycles. The van der Waals surface area contributed by atoms with Crippen molar-refractivity contribution in [3.8, 4) is 5.75 Å². The van der Waals surface area contributed by atoms with Crippen LogP contribution in [-0.4, -0.2) is 66.6 Å². The van der Waals surface area contributed by atoms with Crippen molar-refractivity contribution in [1.82, 2.24) is 9.80 Å². The molecule has 2 aromatic rings. The Hall–Kier alpha value is -2.86. The summed E-state index contributed by atoms with van der Waals surface area (Å²) in [6.07, 6.45) is 1.37. The van der Waals surface area contributed by atoms with E-state index in [1.807, 2.05) is 65.6 Å². The first-order valence-electron chi connectivity index (χ1n) is 10.6. The van der Waals surface area contributed by atoms with Crippen LogP contribution in [0, 0.1) is 0 Å². The smallest absolute Gasteiger partial charge is 0.245 e. The van der Waals surface area contributed by atoms with Crippen LogP contribution in [0.5, 0.6) is 5.75 Å². The van der Waals surface area contributed by atoms with Gasteiger partial charge in [-0.1, -0.05) is 48.5 Å². The van der Waals surface area contributed by atoms with Gasteiger partial charge < -0.3 is 19.3 Å². The highest BCUT2D eigenvalue weighted by Gasteiger charge is 2.42. The van der Waals surface area contributed by atoms with E-state index in [2.05, 4.69) is 0 Å². The van der Waals surface area contributed by atoms with E-state index in [-0.39, 0.29) is 17.9 Å². The Morgan fingerprint density at radius 2 is 1.63 bits per heavy atom. The largest absolute Gasteiger partial charge is 0.488 e. The zero-order valence-corrected chi connectivity index (χ0v) is 17.1. The van der Waals surface area contributed by atoms with Crippen molar-refractivity contribution >= 4 is 11.8 Å². The molecule has 0 saturated carbocycles. The van der Waals surface area contributed by atoms with Gasteiger partial charge in [0.25, 0.3) is 0 Å². The average molecular weight is 408 g/mol. The predicted octanol–water partition coefficient (Wildman–Crippen LogP) is 2.53. The lowest BCUT2D eigenvalue weighted by atomic mass is 10.1. The van der Waals surface area contributed by atoms with Gasteiger partial charge in [-0.2, -0.15) is 0 Å². The minimum atomic E-state index is -0.472. The second-order valence-corrected chi connectivity index (χ2v) is 7.77. The molecule has 0 bridgehead atoms. The molecule has 0 spiro atoms. The predicted molar refractivity (Wildman–Crippen MR) is 113 cm³/mol. The number of amides is 2. The van der Waals surface area contributed by atoms with E-state index >= 15 is 0 Å². The molecule has 2 unspecified atom stereocenters. The highest BCUT2D eigenvalue weighted by molar-refractivity contribution is 5.88. The molecular weight excluding hydrogens is 380 g/mol. The first-order valence-corrected chi connectivity index (χ1v) is 10.6. The maximum absolute atomic E-state index is 13.2. The van der Waals surface area contributed by atoms with Gasteiger partial charge in [-0.05, 0) is 24.1 Å². The van der Waals surface area contributed by atoms with E-state index in [0.29, 0.717) is 52.1 Å². The number of hydrogen-bond donors (Lipinski definition) is 0. The number of likely N-dealkylation sites (tertiary alicyclic amines) is 1. The van der Waals surface area contributed by atoms with Gasteiger partial charge in [-0.15, -0.1) is 0 Å². The Morgan fingerprint density at radius 3 is 2.33 bits per heavy atom. The maximum atomic E-state index is 13.2. The van der Waals surface area contributed by atoms with Gasteiger partial charge >= 0.3 is 0 Å². The fraction of sp³-hybridized carbons (Fsp3) is 0.417. The van der Waals surface area contributed by atoms with E-state index in [9.17, 15) is 9.59 Å². The summed E-state index contributed by atoms with van der Waals surface area (Å²) in [5.74, 6) is 0.772. The molecular formula is C24H28N2O4. The molecule has 2 aliphatic rings. The number of hydrogen-bond acceptors (Lipinski definition) is 4. The van der Waals surface area contributed by atoms with E-state index in [1.54, 1.807) is 4.90 Å².